The van der Waals surface area contributed by atoms with E-state index in [2.05, 4.69) is 12.2 Å². The molecular weight excluding hydrogens is 293 g/mol. The van der Waals surface area contributed by atoms with Crippen LogP contribution < -0.4 is 5.32 Å². The van der Waals surface area contributed by atoms with E-state index < -0.39 is 11.7 Å². The first-order valence-corrected chi connectivity index (χ1v) is 7.54. The van der Waals surface area contributed by atoms with Crippen LogP contribution in [-0.4, -0.2) is 16.2 Å². The summed E-state index contributed by atoms with van der Waals surface area (Å²) in [6.45, 7) is 3.67. The lowest BCUT2D eigenvalue weighted by atomic mass is 9.99. The molecule has 4 rings (SSSR count). The van der Waals surface area contributed by atoms with E-state index in [0.717, 1.165) is 17.7 Å². The summed E-state index contributed by atoms with van der Waals surface area (Å²) in [6, 6.07) is 3.08. The molecule has 2 atom stereocenters. The highest BCUT2D eigenvalue weighted by Gasteiger charge is 2.40. The minimum absolute atomic E-state index is 0.0525. The molecule has 0 saturated heterocycles. The summed E-state index contributed by atoms with van der Waals surface area (Å²) in [4.78, 5) is 0. The van der Waals surface area contributed by atoms with Gasteiger partial charge in [0.15, 0.2) is 5.88 Å². The van der Waals surface area contributed by atoms with Crippen molar-refractivity contribution in [2.75, 3.05) is 6.54 Å². The van der Waals surface area contributed by atoms with Crippen molar-refractivity contribution >= 4 is 10.8 Å². The van der Waals surface area contributed by atoms with Crippen molar-refractivity contribution in [3.8, 4) is 5.88 Å². The van der Waals surface area contributed by atoms with Gasteiger partial charge in [-0.3, -0.25) is 0 Å². The van der Waals surface area contributed by atoms with Crippen LogP contribution in [0.15, 0.2) is 12.1 Å². The largest absolute Gasteiger partial charge is 0.494 e. The summed E-state index contributed by atoms with van der Waals surface area (Å²) in [7, 11) is 0. The van der Waals surface area contributed by atoms with Gasteiger partial charge in [0.2, 0.25) is 0 Å². The number of nitrogens with zero attached hydrogens (tertiary/aromatic N) is 1. The molecule has 3 nitrogen and oxygen atoms in total. The van der Waals surface area contributed by atoms with Gasteiger partial charge in [-0.2, -0.15) is 13.2 Å². The average Bonchev–Trinajstić information content (AvgIpc) is 3.14. The topological polar surface area (TPSA) is 37.2 Å². The van der Waals surface area contributed by atoms with E-state index in [-0.39, 0.29) is 17.2 Å². The summed E-state index contributed by atoms with van der Waals surface area (Å²) in [6.07, 6.45) is -3.53. The first-order chi connectivity index (χ1) is 10.4. The van der Waals surface area contributed by atoms with Crippen molar-refractivity contribution in [1.29, 1.82) is 0 Å². The van der Waals surface area contributed by atoms with Crippen molar-refractivity contribution in [3.63, 3.8) is 0 Å². The Kier molecular flexibility index (Phi) is 2.79. The van der Waals surface area contributed by atoms with E-state index in [9.17, 15) is 18.3 Å². The summed E-state index contributed by atoms with van der Waals surface area (Å²) >= 11 is 0. The monoisotopic (exact) mass is 310 g/mol. The second-order valence-electron chi connectivity index (χ2n) is 6.41. The van der Waals surface area contributed by atoms with Gasteiger partial charge in [-0.05, 0) is 36.0 Å². The number of halogens is 3. The molecule has 1 saturated carbocycles. The maximum Gasteiger partial charge on any atom is 0.417 e. The third kappa shape index (κ3) is 1.93. The Morgan fingerprint density at radius 2 is 2.05 bits per heavy atom. The van der Waals surface area contributed by atoms with Gasteiger partial charge in [-0.15, -0.1) is 0 Å². The molecule has 0 spiro atoms. The molecule has 2 N–H and O–H groups in total. The molecule has 0 amide bonds. The molecule has 1 aliphatic heterocycles. The van der Waals surface area contributed by atoms with Crippen LogP contribution in [0.1, 0.15) is 36.1 Å². The SMILES string of the molecule is C[C@@H]1C[C@@H]1c1cc(C(F)(F)F)c2c(O)n3c(c2c1)CNCC3. The van der Waals surface area contributed by atoms with Crippen LogP contribution in [0, 0.1) is 5.92 Å². The number of hydrogen-bond donors (Lipinski definition) is 2. The lowest BCUT2D eigenvalue weighted by Gasteiger charge is -2.17. The average molecular weight is 310 g/mol. The van der Waals surface area contributed by atoms with Gasteiger partial charge in [0.25, 0.3) is 0 Å². The van der Waals surface area contributed by atoms with E-state index in [0.29, 0.717) is 30.9 Å². The fourth-order valence-electron chi connectivity index (χ4n) is 3.59. The number of rotatable bonds is 1. The maximum absolute atomic E-state index is 13.5. The predicted molar refractivity (Wildman–Crippen MR) is 76.8 cm³/mol. The molecule has 1 aliphatic carbocycles. The molecule has 118 valence electrons. The van der Waals surface area contributed by atoms with Crippen LogP contribution in [0.25, 0.3) is 10.8 Å². The summed E-state index contributed by atoms with van der Waals surface area (Å²) in [5.41, 5.74) is 0.782. The fraction of sp³-hybridized carbons (Fsp3) is 0.500. The molecule has 2 aliphatic rings. The third-order valence-electron chi connectivity index (χ3n) is 4.92. The zero-order valence-corrected chi connectivity index (χ0v) is 12.2. The smallest absolute Gasteiger partial charge is 0.417 e. The van der Waals surface area contributed by atoms with E-state index in [1.165, 1.54) is 6.07 Å². The Labute approximate surface area is 125 Å². The van der Waals surface area contributed by atoms with Crippen molar-refractivity contribution in [2.24, 2.45) is 5.92 Å². The van der Waals surface area contributed by atoms with E-state index in [1.807, 2.05) is 6.07 Å². The van der Waals surface area contributed by atoms with Gasteiger partial charge in [-0.1, -0.05) is 6.92 Å². The molecule has 22 heavy (non-hydrogen) atoms. The lowest BCUT2D eigenvalue weighted by Crippen LogP contribution is -2.27. The van der Waals surface area contributed by atoms with E-state index in [4.69, 9.17) is 0 Å². The van der Waals surface area contributed by atoms with Gasteiger partial charge in [0.05, 0.1) is 10.9 Å². The second-order valence-corrected chi connectivity index (χ2v) is 6.41. The standard InChI is InChI=1S/C16H17F3N2O/c1-8-4-10(8)9-5-11-13-7-20-2-3-21(13)15(22)14(11)12(6-9)16(17,18)19/h5-6,8,10,20,22H,2-4,7H2,1H3/t8-,10+/m1/s1. The molecule has 6 heteroatoms. The number of fused-ring (bicyclic) bond motifs is 3. The number of nitrogens with one attached hydrogen (secondary N) is 1. The zero-order valence-electron chi connectivity index (χ0n) is 12.2. The van der Waals surface area contributed by atoms with Crippen molar-refractivity contribution in [3.05, 3.63) is 29.0 Å². The van der Waals surface area contributed by atoms with E-state index >= 15 is 0 Å². The van der Waals surface area contributed by atoms with Crippen molar-refractivity contribution in [1.82, 2.24) is 9.88 Å². The zero-order chi connectivity index (χ0) is 15.6. The summed E-state index contributed by atoms with van der Waals surface area (Å²) < 4.78 is 42.1. The minimum atomic E-state index is -4.46. The van der Waals surface area contributed by atoms with Gasteiger partial charge in [0, 0.05) is 30.7 Å². The highest BCUT2D eigenvalue weighted by atomic mass is 19.4. The summed E-state index contributed by atoms with van der Waals surface area (Å²) in [5.74, 6) is 0.387. The van der Waals surface area contributed by atoms with E-state index in [1.54, 1.807) is 4.57 Å². The summed E-state index contributed by atoms with van der Waals surface area (Å²) in [5, 5.41) is 14.0. The molecule has 0 bridgehead atoms. The molecule has 0 unspecified atom stereocenters. The molecule has 2 heterocycles. The van der Waals surface area contributed by atoms with Crippen molar-refractivity contribution in [2.45, 2.75) is 38.5 Å². The Bertz CT molecular complexity index is 763. The Morgan fingerprint density at radius 3 is 2.68 bits per heavy atom. The normalized spacial score (nSPS) is 24.5. The number of benzene rings is 1. The van der Waals surface area contributed by atoms with Crippen LogP contribution >= 0.6 is 0 Å². The van der Waals surface area contributed by atoms with Crippen molar-refractivity contribution < 1.29 is 18.3 Å². The highest BCUT2D eigenvalue weighted by Crippen LogP contribution is 2.51. The molecule has 0 radical (unpaired) electrons. The van der Waals surface area contributed by atoms with Gasteiger partial charge in [0.1, 0.15) is 0 Å². The van der Waals surface area contributed by atoms with Crippen LogP contribution in [0.3, 0.4) is 0 Å². The van der Waals surface area contributed by atoms with Gasteiger partial charge < -0.3 is 15.0 Å². The second kappa shape index (κ2) is 4.41. The minimum Gasteiger partial charge on any atom is -0.494 e. The Hall–Kier alpha value is -1.69. The van der Waals surface area contributed by atoms with Crippen LogP contribution in [-0.2, 0) is 19.3 Å². The first-order valence-electron chi connectivity index (χ1n) is 7.54. The van der Waals surface area contributed by atoms with Crippen LogP contribution in [0.2, 0.25) is 0 Å². The number of aromatic hydroxyl groups is 1. The van der Waals surface area contributed by atoms with Gasteiger partial charge >= 0.3 is 6.18 Å². The number of alkyl halides is 3. The molecule has 1 aromatic carbocycles. The number of aromatic nitrogens is 1. The van der Waals surface area contributed by atoms with Crippen LogP contribution in [0.5, 0.6) is 5.88 Å². The quantitative estimate of drug-likeness (QED) is 0.844. The fourth-order valence-corrected chi connectivity index (χ4v) is 3.59. The third-order valence-corrected chi connectivity index (χ3v) is 4.92. The van der Waals surface area contributed by atoms with Crippen LogP contribution in [0.4, 0.5) is 13.2 Å². The van der Waals surface area contributed by atoms with Gasteiger partial charge in [-0.25, -0.2) is 0 Å². The molecule has 2 aromatic rings. The number of hydrogen-bond acceptors (Lipinski definition) is 2. The lowest BCUT2D eigenvalue weighted by molar-refractivity contribution is -0.136. The predicted octanol–water partition coefficient (Wildman–Crippen LogP) is 3.59. The molecular formula is C16H17F3N2O. The highest BCUT2D eigenvalue weighted by molar-refractivity contribution is 5.95. The maximum atomic E-state index is 13.5. The first kappa shape index (κ1) is 13.9. The Morgan fingerprint density at radius 1 is 1.32 bits per heavy atom. The Balaban J connectivity index is 2.04. The molecule has 1 fully saturated rings. The molecule has 1 aromatic heterocycles.